The molecule has 1 aromatic heterocycles. The second-order valence-corrected chi connectivity index (χ2v) is 13.5. The van der Waals surface area contributed by atoms with Crippen molar-refractivity contribution in [1.29, 1.82) is 0 Å². The third kappa shape index (κ3) is 10.1. The number of hydrogen-bond donors (Lipinski definition) is 1. The summed E-state index contributed by atoms with van der Waals surface area (Å²) in [5.41, 5.74) is 5.14. The van der Waals surface area contributed by atoms with Gasteiger partial charge in [-0.05, 0) is 71.7 Å². The van der Waals surface area contributed by atoms with Crippen molar-refractivity contribution in [3.63, 3.8) is 0 Å². The number of esters is 2. The Labute approximate surface area is 301 Å². The molecule has 0 bridgehead atoms. The maximum absolute atomic E-state index is 12.5. The average Bonchev–Trinajstić information content (AvgIpc) is 3.72. The Morgan fingerprint density at radius 1 is 0.667 bits per heavy atom. The van der Waals surface area contributed by atoms with Crippen molar-refractivity contribution >= 4 is 17.7 Å². The lowest BCUT2D eigenvalue weighted by Gasteiger charge is -2.12. The predicted octanol–water partition coefficient (Wildman–Crippen LogP) is 10.3. The fourth-order valence-corrected chi connectivity index (χ4v) is 6.14. The highest BCUT2D eigenvalue weighted by molar-refractivity contribution is 6.08. The van der Waals surface area contributed by atoms with E-state index in [-0.39, 0.29) is 29.0 Å². The van der Waals surface area contributed by atoms with Crippen LogP contribution < -0.4 is 9.47 Å². The van der Waals surface area contributed by atoms with E-state index < -0.39 is 5.97 Å². The third-order valence-corrected chi connectivity index (χ3v) is 8.79. The number of carbonyl (C=O) groups excluding carboxylic acids is 3. The molecule has 5 aromatic rings. The number of benzene rings is 4. The van der Waals surface area contributed by atoms with Crippen LogP contribution in [0.15, 0.2) is 115 Å². The molecule has 1 unspecified atom stereocenters. The Morgan fingerprint density at radius 3 is 1.75 bits per heavy atom. The fraction of sp³-hybridized carbons (Fsp3) is 0.295. The number of fused-ring (bicyclic) bond motifs is 1. The van der Waals surface area contributed by atoms with Gasteiger partial charge in [0, 0.05) is 30.6 Å². The zero-order valence-corrected chi connectivity index (χ0v) is 30.6. The molecule has 0 aliphatic carbocycles. The molecule has 2 heterocycles. The smallest absolute Gasteiger partial charge is 0.347 e. The first kappa shape index (κ1) is 38.4. The van der Waals surface area contributed by atoms with Crippen LogP contribution in [0.4, 0.5) is 0 Å². The molecule has 1 aliphatic heterocycles. The van der Waals surface area contributed by atoms with Gasteiger partial charge in [0.1, 0.15) is 22.8 Å². The normalized spacial score (nSPS) is 13.1. The van der Waals surface area contributed by atoms with Crippen molar-refractivity contribution in [2.45, 2.75) is 79.2 Å². The molecule has 7 nitrogen and oxygen atoms in total. The van der Waals surface area contributed by atoms with E-state index in [2.05, 4.69) is 38.3 Å². The second kappa shape index (κ2) is 18.0. The number of carbonyl (C=O) groups is 3. The van der Waals surface area contributed by atoms with Crippen molar-refractivity contribution in [1.82, 2.24) is 4.57 Å². The number of aromatic hydroxyl groups is 1. The first-order valence-electron chi connectivity index (χ1n) is 17.5. The van der Waals surface area contributed by atoms with E-state index in [4.69, 9.17) is 9.47 Å². The number of hydrogen-bond acceptors (Lipinski definition) is 6. The zero-order valence-electron chi connectivity index (χ0n) is 30.6. The molecule has 7 heteroatoms. The lowest BCUT2D eigenvalue weighted by molar-refractivity contribution is -0.131. The molecular formula is C44H49NO6. The summed E-state index contributed by atoms with van der Waals surface area (Å²) in [6.45, 7) is 15.1. The van der Waals surface area contributed by atoms with Gasteiger partial charge >= 0.3 is 11.9 Å². The third-order valence-electron chi connectivity index (χ3n) is 8.79. The van der Waals surface area contributed by atoms with Crippen LogP contribution in [0.25, 0.3) is 0 Å². The molecule has 1 aliphatic rings. The maximum atomic E-state index is 12.5. The van der Waals surface area contributed by atoms with E-state index in [0.29, 0.717) is 29.3 Å². The largest absolute Gasteiger partial charge is 0.507 e. The van der Waals surface area contributed by atoms with Gasteiger partial charge in [-0.2, -0.15) is 0 Å². The van der Waals surface area contributed by atoms with E-state index in [9.17, 15) is 19.5 Å². The molecule has 1 N–H and O–H groups in total. The van der Waals surface area contributed by atoms with Crippen LogP contribution in [-0.2, 0) is 11.3 Å². The van der Waals surface area contributed by atoms with Gasteiger partial charge in [0.15, 0.2) is 0 Å². The van der Waals surface area contributed by atoms with Crippen LogP contribution in [0.3, 0.4) is 0 Å². The summed E-state index contributed by atoms with van der Waals surface area (Å²) < 4.78 is 12.7. The predicted molar refractivity (Wildman–Crippen MR) is 202 cm³/mol. The Bertz CT molecular complexity index is 1920. The van der Waals surface area contributed by atoms with E-state index in [1.165, 1.54) is 24.8 Å². The Balaban J connectivity index is 0.000000175. The molecule has 6 rings (SSSR count). The summed E-state index contributed by atoms with van der Waals surface area (Å²) in [4.78, 5) is 35.3. The molecule has 1 atom stereocenters. The van der Waals surface area contributed by atoms with Crippen LogP contribution in [0, 0.1) is 5.92 Å². The van der Waals surface area contributed by atoms with Crippen molar-refractivity contribution in [3.05, 3.63) is 149 Å². The van der Waals surface area contributed by atoms with Gasteiger partial charge in [-0.15, -0.1) is 0 Å². The number of para-hydroxylation sites is 3. The summed E-state index contributed by atoms with van der Waals surface area (Å²) in [6, 6.07) is 35.0. The number of ketones is 1. The highest BCUT2D eigenvalue weighted by Gasteiger charge is 2.28. The topological polar surface area (TPSA) is 94.8 Å². The van der Waals surface area contributed by atoms with E-state index in [1.807, 2.05) is 92.7 Å². The Kier molecular flexibility index (Phi) is 13.5. The highest BCUT2D eigenvalue weighted by atomic mass is 16.5. The molecule has 0 saturated heterocycles. The first-order valence-corrected chi connectivity index (χ1v) is 17.5. The Hall–Kier alpha value is -5.43. The lowest BCUT2D eigenvalue weighted by Crippen LogP contribution is -2.10. The SMILES string of the molecule is CC(=O)Oc1ccccc1C(C)C.CC(C)C1CCn2c(C(=O)c3ccccc3)ccc21.CC(C)c1ccccc1OC(=O)c1ccccc1O. The van der Waals surface area contributed by atoms with Gasteiger partial charge < -0.3 is 19.1 Å². The molecule has 0 spiro atoms. The van der Waals surface area contributed by atoms with Crippen molar-refractivity contribution < 1.29 is 29.0 Å². The summed E-state index contributed by atoms with van der Waals surface area (Å²) in [5, 5.41) is 9.64. The van der Waals surface area contributed by atoms with Crippen LogP contribution in [0.5, 0.6) is 17.2 Å². The summed E-state index contributed by atoms with van der Waals surface area (Å²) >= 11 is 0. The van der Waals surface area contributed by atoms with Gasteiger partial charge in [0.25, 0.3) is 0 Å². The molecular weight excluding hydrogens is 638 g/mol. The van der Waals surface area contributed by atoms with E-state index >= 15 is 0 Å². The zero-order chi connectivity index (χ0) is 37.1. The van der Waals surface area contributed by atoms with Gasteiger partial charge in [-0.25, -0.2) is 4.79 Å². The second-order valence-electron chi connectivity index (χ2n) is 13.5. The van der Waals surface area contributed by atoms with Crippen LogP contribution in [0.1, 0.15) is 116 Å². The minimum Gasteiger partial charge on any atom is -0.507 e. The van der Waals surface area contributed by atoms with Gasteiger partial charge in [-0.3, -0.25) is 9.59 Å². The van der Waals surface area contributed by atoms with Crippen molar-refractivity contribution in [2.75, 3.05) is 0 Å². The molecule has 0 radical (unpaired) electrons. The summed E-state index contributed by atoms with van der Waals surface area (Å²) in [7, 11) is 0. The minimum absolute atomic E-state index is 0.0745. The molecule has 0 amide bonds. The molecule has 0 fully saturated rings. The van der Waals surface area contributed by atoms with Crippen LogP contribution in [-0.4, -0.2) is 27.4 Å². The number of phenols is 1. The Morgan fingerprint density at radius 2 is 1.20 bits per heavy atom. The minimum atomic E-state index is -0.550. The standard InChI is InChI=1S/C17H19NO.C16H16O3.C11H14O2/c1-12(2)14-10-11-18-15(14)8-9-16(18)17(19)13-6-4-3-5-7-13;1-11(2)12-7-4-6-10-15(12)19-16(18)13-8-3-5-9-14(13)17;1-8(2)10-6-4-5-7-11(10)13-9(3)12/h3-9,12,14H,10-11H2,1-2H3;3-11,17H,1-2H3;4-8H,1-3H3. The molecule has 0 saturated carbocycles. The van der Waals surface area contributed by atoms with Gasteiger partial charge in [0.05, 0.1) is 5.69 Å². The van der Waals surface area contributed by atoms with Gasteiger partial charge in [-0.1, -0.05) is 120 Å². The average molecular weight is 688 g/mol. The fourth-order valence-electron chi connectivity index (χ4n) is 6.14. The van der Waals surface area contributed by atoms with Crippen LogP contribution >= 0.6 is 0 Å². The van der Waals surface area contributed by atoms with Crippen LogP contribution in [0.2, 0.25) is 0 Å². The maximum Gasteiger partial charge on any atom is 0.347 e. The van der Waals surface area contributed by atoms with E-state index in [0.717, 1.165) is 35.3 Å². The molecule has 266 valence electrons. The quantitative estimate of drug-likeness (QED) is 0.0991. The van der Waals surface area contributed by atoms with E-state index in [1.54, 1.807) is 18.2 Å². The van der Waals surface area contributed by atoms with Crippen molar-refractivity contribution in [2.24, 2.45) is 5.92 Å². The highest BCUT2D eigenvalue weighted by Crippen LogP contribution is 2.36. The number of phenolic OH excluding ortho intramolecular Hbond substituents is 1. The number of aromatic nitrogens is 1. The molecule has 4 aromatic carbocycles. The summed E-state index contributed by atoms with van der Waals surface area (Å²) in [6.07, 6.45) is 1.16. The van der Waals surface area contributed by atoms with Crippen molar-refractivity contribution in [3.8, 4) is 17.2 Å². The lowest BCUT2D eigenvalue weighted by atomic mass is 9.92. The summed E-state index contributed by atoms with van der Waals surface area (Å²) in [5.74, 6) is 2.30. The first-order chi connectivity index (χ1) is 24.4. The number of ether oxygens (including phenoxy) is 2. The monoisotopic (exact) mass is 687 g/mol. The number of nitrogens with zero attached hydrogens (tertiary/aromatic N) is 1. The van der Waals surface area contributed by atoms with Gasteiger partial charge in [0.2, 0.25) is 5.78 Å². The molecule has 51 heavy (non-hydrogen) atoms. The number of rotatable bonds is 8.